The van der Waals surface area contributed by atoms with Crippen LogP contribution in [0.1, 0.15) is 52.4 Å². The second-order valence-electron chi connectivity index (χ2n) is 7.10. The lowest BCUT2D eigenvalue weighted by Gasteiger charge is -2.35. The minimum Gasteiger partial charge on any atom is -0.350 e. The molecule has 25 heavy (non-hydrogen) atoms. The second-order valence-corrected chi connectivity index (χ2v) is 7.10. The first-order valence-corrected chi connectivity index (χ1v) is 9.29. The van der Waals surface area contributed by atoms with E-state index in [1.165, 1.54) is 36.0 Å². The number of amides is 1. The number of piperidine rings is 1. The molecular weight excluding hydrogens is 308 g/mol. The zero-order chi connectivity index (χ0) is 17.6. The Hall–Kier alpha value is -2.13. The van der Waals surface area contributed by atoms with Gasteiger partial charge < -0.3 is 5.32 Å². The fourth-order valence-corrected chi connectivity index (χ4v) is 3.47. The van der Waals surface area contributed by atoms with Crippen LogP contribution in [0.5, 0.6) is 0 Å². The molecule has 3 heteroatoms. The van der Waals surface area contributed by atoms with Crippen molar-refractivity contribution in [1.82, 2.24) is 10.2 Å². The van der Waals surface area contributed by atoms with Crippen LogP contribution in [0.15, 0.2) is 48.5 Å². The van der Waals surface area contributed by atoms with Crippen LogP contribution >= 0.6 is 0 Å². The highest BCUT2D eigenvalue weighted by Crippen LogP contribution is 2.24. The number of carbonyl (C=O) groups excluding carboxylic acids is 1. The van der Waals surface area contributed by atoms with Crippen molar-refractivity contribution in [2.45, 2.75) is 39.2 Å². The predicted octanol–water partition coefficient (Wildman–Crippen LogP) is 4.26. The third-order valence-electron chi connectivity index (χ3n) is 5.06. The van der Waals surface area contributed by atoms with Gasteiger partial charge in [0.15, 0.2) is 0 Å². The number of nitrogens with one attached hydrogen (secondary N) is 1. The number of aryl methyl sites for hydroxylation is 2. The largest absolute Gasteiger partial charge is 0.350 e. The first kappa shape index (κ1) is 17.7. The van der Waals surface area contributed by atoms with Crippen molar-refractivity contribution < 1.29 is 4.79 Å². The van der Waals surface area contributed by atoms with Gasteiger partial charge in [0.2, 0.25) is 0 Å². The first-order valence-electron chi connectivity index (χ1n) is 9.29. The molecule has 1 heterocycles. The zero-order valence-electron chi connectivity index (χ0n) is 15.3. The molecule has 1 aliphatic rings. The van der Waals surface area contributed by atoms with Gasteiger partial charge in [-0.25, -0.2) is 0 Å². The summed E-state index contributed by atoms with van der Waals surface area (Å²) in [7, 11) is 0. The van der Waals surface area contributed by atoms with Crippen molar-refractivity contribution in [3.05, 3.63) is 70.8 Å². The van der Waals surface area contributed by atoms with E-state index in [4.69, 9.17) is 0 Å². The number of nitrogens with zero attached hydrogens (tertiary/aromatic N) is 1. The van der Waals surface area contributed by atoms with Crippen molar-refractivity contribution in [2.75, 3.05) is 19.6 Å². The van der Waals surface area contributed by atoms with Crippen LogP contribution in [-0.2, 0) is 0 Å². The van der Waals surface area contributed by atoms with Gasteiger partial charge in [0.25, 0.3) is 5.91 Å². The monoisotopic (exact) mass is 336 g/mol. The van der Waals surface area contributed by atoms with Crippen LogP contribution in [0.3, 0.4) is 0 Å². The molecule has 1 atom stereocenters. The first-order chi connectivity index (χ1) is 12.1. The molecule has 1 aliphatic heterocycles. The lowest BCUT2D eigenvalue weighted by atomic mass is 10.0. The third kappa shape index (κ3) is 4.70. The van der Waals surface area contributed by atoms with Gasteiger partial charge >= 0.3 is 0 Å². The molecule has 1 saturated heterocycles. The Balaban J connectivity index is 1.71. The molecule has 132 valence electrons. The molecule has 3 rings (SSSR count). The van der Waals surface area contributed by atoms with Crippen molar-refractivity contribution in [3.63, 3.8) is 0 Å². The van der Waals surface area contributed by atoms with Gasteiger partial charge in [0.05, 0.1) is 6.04 Å². The van der Waals surface area contributed by atoms with Crippen LogP contribution in [0.4, 0.5) is 0 Å². The number of hydrogen-bond donors (Lipinski definition) is 1. The minimum absolute atomic E-state index is 0.00845. The smallest absolute Gasteiger partial charge is 0.251 e. The fourth-order valence-electron chi connectivity index (χ4n) is 3.47. The maximum atomic E-state index is 12.5. The highest BCUT2D eigenvalue weighted by Gasteiger charge is 2.23. The molecule has 1 amide bonds. The Morgan fingerprint density at radius 3 is 2.08 bits per heavy atom. The molecule has 0 saturated carbocycles. The maximum absolute atomic E-state index is 12.5. The summed E-state index contributed by atoms with van der Waals surface area (Å²) in [4.78, 5) is 15.0. The van der Waals surface area contributed by atoms with Crippen LogP contribution in [0, 0.1) is 13.8 Å². The Labute approximate surface area is 151 Å². The van der Waals surface area contributed by atoms with Crippen LogP contribution in [-0.4, -0.2) is 30.4 Å². The predicted molar refractivity (Wildman–Crippen MR) is 103 cm³/mol. The summed E-state index contributed by atoms with van der Waals surface area (Å²) in [6, 6.07) is 16.7. The molecule has 3 nitrogen and oxygen atoms in total. The van der Waals surface area contributed by atoms with Crippen molar-refractivity contribution >= 4 is 5.91 Å². The van der Waals surface area contributed by atoms with Crippen molar-refractivity contribution in [1.29, 1.82) is 0 Å². The van der Waals surface area contributed by atoms with Gasteiger partial charge in [0.1, 0.15) is 0 Å². The summed E-state index contributed by atoms with van der Waals surface area (Å²) in [5.41, 5.74) is 4.45. The van der Waals surface area contributed by atoms with Crippen molar-refractivity contribution in [3.8, 4) is 0 Å². The zero-order valence-corrected chi connectivity index (χ0v) is 15.3. The molecule has 0 aromatic heterocycles. The molecule has 1 fully saturated rings. The quantitative estimate of drug-likeness (QED) is 0.885. The van der Waals surface area contributed by atoms with E-state index < -0.39 is 0 Å². The Kier molecular flexibility index (Phi) is 5.87. The molecule has 0 unspecified atom stereocenters. The van der Waals surface area contributed by atoms with E-state index in [2.05, 4.69) is 41.4 Å². The molecular formula is C22H28N2O. The van der Waals surface area contributed by atoms with Gasteiger partial charge in [0, 0.05) is 12.1 Å². The van der Waals surface area contributed by atoms with E-state index in [0.29, 0.717) is 6.54 Å². The summed E-state index contributed by atoms with van der Waals surface area (Å²) in [5.74, 6) is 0.00845. The molecule has 0 aliphatic carbocycles. The normalized spacial score (nSPS) is 16.4. The van der Waals surface area contributed by atoms with E-state index in [0.717, 1.165) is 18.7 Å². The number of rotatable bonds is 5. The molecule has 2 aromatic rings. The second kappa shape index (κ2) is 8.30. The van der Waals surface area contributed by atoms with E-state index in [-0.39, 0.29) is 11.9 Å². The summed E-state index contributed by atoms with van der Waals surface area (Å²) < 4.78 is 0. The maximum Gasteiger partial charge on any atom is 0.251 e. The average molecular weight is 336 g/mol. The SMILES string of the molecule is Cc1ccc(C(=O)NC[C@H](c2ccc(C)cc2)N2CCCCC2)cc1. The fraction of sp³-hybridized carbons (Fsp3) is 0.409. The Morgan fingerprint density at radius 2 is 1.48 bits per heavy atom. The molecule has 0 radical (unpaired) electrons. The Bertz CT molecular complexity index is 685. The van der Waals surface area contributed by atoms with Gasteiger partial charge in [-0.3, -0.25) is 9.69 Å². The summed E-state index contributed by atoms with van der Waals surface area (Å²) >= 11 is 0. The molecule has 0 spiro atoms. The number of hydrogen-bond acceptors (Lipinski definition) is 2. The summed E-state index contributed by atoms with van der Waals surface area (Å²) in [6.07, 6.45) is 3.80. The highest BCUT2D eigenvalue weighted by molar-refractivity contribution is 5.94. The molecule has 2 aromatic carbocycles. The van der Waals surface area contributed by atoms with Gasteiger partial charge in [-0.1, -0.05) is 53.9 Å². The van der Waals surface area contributed by atoms with Gasteiger partial charge in [-0.05, 0) is 57.5 Å². The molecule has 0 bridgehead atoms. The summed E-state index contributed by atoms with van der Waals surface area (Å²) in [5, 5.41) is 3.15. The van der Waals surface area contributed by atoms with Crippen LogP contribution in [0.25, 0.3) is 0 Å². The van der Waals surface area contributed by atoms with E-state index in [1.54, 1.807) is 0 Å². The summed E-state index contributed by atoms with van der Waals surface area (Å²) in [6.45, 7) is 7.01. The number of carbonyl (C=O) groups is 1. The van der Waals surface area contributed by atoms with Crippen LogP contribution in [0.2, 0.25) is 0 Å². The van der Waals surface area contributed by atoms with Crippen molar-refractivity contribution in [2.24, 2.45) is 0 Å². The lowest BCUT2D eigenvalue weighted by molar-refractivity contribution is 0.0924. The number of benzene rings is 2. The van der Waals surface area contributed by atoms with Gasteiger partial charge in [-0.15, -0.1) is 0 Å². The minimum atomic E-state index is 0.00845. The third-order valence-corrected chi connectivity index (χ3v) is 5.06. The average Bonchev–Trinajstić information content (AvgIpc) is 2.64. The highest BCUT2D eigenvalue weighted by atomic mass is 16.1. The lowest BCUT2D eigenvalue weighted by Crippen LogP contribution is -2.40. The van der Waals surface area contributed by atoms with E-state index in [1.807, 2.05) is 31.2 Å². The topological polar surface area (TPSA) is 32.3 Å². The van der Waals surface area contributed by atoms with E-state index in [9.17, 15) is 4.79 Å². The van der Waals surface area contributed by atoms with E-state index >= 15 is 0 Å². The number of likely N-dealkylation sites (tertiary alicyclic amines) is 1. The van der Waals surface area contributed by atoms with Crippen LogP contribution < -0.4 is 5.32 Å². The van der Waals surface area contributed by atoms with Gasteiger partial charge in [-0.2, -0.15) is 0 Å². The molecule has 1 N–H and O–H groups in total. The Morgan fingerprint density at radius 1 is 0.920 bits per heavy atom. The standard InChI is InChI=1S/C22H28N2O/c1-17-6-10-19(11-7-17)21(24-14-4-3-5-15-24)16-23-22(25)20-12-8-18(2)9-13-20/h6-13,21H,3-5,14-16H2,1-2H3,(H,23,25)/t21-/m1/s1.